The lowest BCUT2D eigenvalue weighted by Crippen LogP contribution is -2.35. The van der Waals surface area contributed by atoms with Gasteiger partial charge in [0.1, 0.15) is 0 Å². The molecule has 0 aliphatic heterocycles. The maximum Gasteiger partial charge on any atom is 0.243 e. The zero-order chi connectivity index (χ0) is 16.0. The Morgan fingerprint density at radius 1 is 1.38 bits per heavy atom. The van der Waals surface area contributed by atoms with Crippen molar-refractivity contribution in [2.24, 2.45) is 0 Å². The van der Waals surface area contributed by atoms with E-state index >= 15 is 0 Å². The molecule has 6 heteroatoms. The van der Waals surface area contributed by atoms with Crippen LogP contribution in [0.15, 0.2) is 29.2 Å². The number of sulfonamides is 1. The molecular weight excluding hydrogens is 286 g/mol. The van der Waals surface area contributed by atoms with Crippen molar-refractivity contribution in [2.75, 3.05) is 13.6 Å². The first-order chi connectivity index (χ1) is 9.84. The minimum absolute atomic E-state index is 0.0898. The van der Waals surface area contributed by atoms with Crippen LogP contribution in [-0.4, -0.2) is 32.4 Å². The highest BCUT2D eigenvalue weighted by molar-refractivity contribution is 7.89. The summed E-state index contributed by atoms with van der Waals surface area (Å²) in [5, 5.41) is 12.0. The van der Waals surface area contributed by atoms with Gasteiger partial charge in [-0.3, -0.25) is 0 Å². The molecule has 0 radical (unpaired) electrons. The SMILES string of the molecule is CCNC(C)c1cccc(S(=O)(=O)N(C)C(C)CC#N)c1. The van der Waals surface area contributed by atoms with Gasteiger partial charge in [-0.25, -0.2) is 8.42 Å². The third-order valence-corrected chi connectivity index (χ3v) is 5.52. The monoisotopic (exact) mass is 309 g/mol. The van der Waals surface area contributed by atoms with E-state index in [1.165, 1.54) is 11.4 Å². The van der Waals surface area contributed by atoms with E-state index in [0.29, 0.717) is 0 Å². The molecule has 1 N–H and O–H groups in total. The van der Waals surface area contributed by atoms with Crippen LogP contribution in [0.4, 0.5) is 0 Å². The summed E-state index contributed by atoms with van der Waals surface area (Å²) in [6, 6.07) is 8.68. The second kappa shape index (κ2) is 7.55. The molecule has 2 atom stereocenters. The van der Waals surface area contributed by atoms with Crippen LogP contribution in [0.25, 0.3) is 0 Å². The molecule has 1 rings (SSSR count). The Balaban J connectivity index is 3.09. The Kier molecular flexibility index (Phi) is 6.34. The summed E-state index contributed by atoms with van der Waals surface area (Å²) in [4.78, 5) is 0.261. The number of hydrogen-bond acceptors (Lipinski definition) is 4. The van der Waals surface area contributed by atoms with Crippen LogP contribution in [0.5, 0.6) is 0 Å². The van der Waals surface area contributed by atoms with E-state index in [1.54, 1.807) is 25.1 Å². The highest BCUT2D eigenvalue weighted by Gasteiger charge is 2.25. The summed E-state index contributed by atoms with van der Waals surface area (Å²) < 4.78 is 26.4. The molecule has 5 nitrogen and oxygen atoms in total. The second-order valence-electron chi connectivity index (χ2n) is 5.08. The predicted molar refractivity (Wildman–Crippen MR) is 83.2 cm³/mol. The summed E-state index contributed by atoms with van der Waals surface area (Å²) in [5.41, 5.74) is 0.930. The normalized spacial score (nSPS) is 14.7. The molecule has 0 aromatic heterocycles. The van der Waals surface area contributed by atoms with E-state index in [-0.39, 0.29) is 23.4 Å². The first-order valence-corrected chi connectivity index (χ1v) is 8.46. The molecule has 2 unspecified atom stereocenters. The molecule has 0 bridgehead atoms. The third-order valence-electron chi connectivity index (χ3n) is 3.55. The molecule has 1 aromatic carbocycles. The van der Waals surface area contributed by atoms with E-state index in [9.17, 15) is 8.42 Å². The Bertz CT molecular complexity index is 608. The van der Waals surface area contributed by atoms with Crippen molar-refractivity contribution in [1.29, 1.82) is 5.26 Å². The maximum atomic E-state index is 12.6. The summed E-state index contributed by atoms with van der Waals surface area (Å²) in [7, 11) is -2.07. The Morgan fingerprint density at radius 3 is 2.62 bits per heavy atom. The fraction of sp³-hybridized carbons (Fsp3) is 0.533. The zero-order valence-electron chi connectivity index (χ0n) is 13.0. The predicted octanol–water partition coefficient (Wildman–Crippen LogP) is 2.28. The molecule has 0 amide bonds. The van der Waals surface area contributed by atoms with E-state index in [4.69, 9.17) is 5.26 Å². The second-order valence-corrected chi connectivity index (χ2v) is 7.08. The molecule has 116 valence electrons. The average molecular weight is 309 g/mol. The molecule has 0 spiro atoms. The Hall–Kier alpha value is -1.42. The van der Waals surface area contributed by atoms with E-state index in [2.05, 4.69) is 5.32 Å². The fourth-order valence-electron chi connectivity index (χ4n) is 2.03. The Labute approximate surface area is 127 Å². The van der Waals surface area contributed by atoms with Crippen LogP contribution in [0.3, 0.4) is 0 Å². The van der Waals surface area contributed by atoms with E-state index in [0.717, 1.165) is 12.1 Å². The number of rotatable bonds is 7. The summed E-state index contributed by atoms with van der Waals surface area (Å²) >= 11 is 0. The van der Waals surface area contributed by atoms with Crippen molar-refractivity contribution in [1.82, 2.24) is 9.62 Å². The van der Waals surface area contributed by atoms with Gasteiger partial charge in [0.2, 0.25) is 10.0 Å². The smallest absolute Gasteiger partial charge is 0.243 e. The molecule has 0 aliphatic carbocycles. The summed E-state index contributed by atoms with van der Waals surface area (Å²) in [6.45, 7) is 6.55. The van der Waals surface area contributed by atoms with Crippen LogP contribution in [0.1, 0.15) is 38.8 Å². The summed E-state index contributed by atoms with van der Waals surface area (Å²) in [6.07, 6.45) is 0.170. The number of nitrogens with zero attached hydrogens (tertiary/aromatic N) is 2. The molecular formula is C15H23N3O2S. The van der Waals surface area contributed by atoms with Gasteiger partial charge in [0.05, 0.1) is 17.4 Å². The molecule has 1 aromatic rings. The minimum atomic E-state index is -3.58. The highest BCUT2D eigenvalue weighted by Crippen LogP contribution is 2.21. The molecule has 0 heterocycles. The van der Waals surface area contributed by atoms with Gasteiger partial charge >= 0.3 is 0 Å². The van der Waals surface area contributed by atoms with Gasteiger partial charge in [-0.05, 0) is 38.1 Å². The number of nitrogens with one attached hydrogen (secondary N) is 1. The van der Waals surface area contributed by atoms with Gasteiger partial charge in [-0.15, -0.1) is 0 Å². The van der Waals surface area contributed by atoms with Crippen LogP contribution in [0.2, 0.25) is 0 Å². The molecule has 0 fully saturated rings. The quantitative estimate of drug-likeness (QED) is 0.838. The van der Waals surface area contributed by atoms with Gasteiger partial charge < -0.3 is 5.32 Å². The lowest BCUT2D eigenvalue weighted by atomic mass is 10.1. The van der Waals surface area contributed by atoms with Crippen molar-refractivity contribution >= 4 is 10.0 Å². The van der Waals surface area contributed by atoms with Crippen LogP contribution >= 0.6 is 0 Å². The maximum absolute atomic E-state index is 12.6. The molecule has 0 saturated carbocycles. The van der Waals surface area contributed by atoms with Gasteiger partial charge in [-0.2, -0.15) is 9.57 Å². The lowest BCUT2D eigenvalue weighted by Gasteiger charge is -2.23. The number of hydrogen-bond donors (Lipinski definition) is 1. The van der Waals surface area contributed by atoms with E-state index in [1.807, 2.05) is 26.0 Å². The average Bonchev–Trinajstić information content (AvgIpc) is 2.47. The van der Waals surface area contributed by atoms with Gasteiger partial charge in [0, 0.05) is 19.1 Å². The summed E-state index contributed by atoms with van der Waals surface area (Å²) in [5.74, 6) is 0. The van der Waals surface area contributed by atoms with Gasteiger partial charge in [-0.1, -0.05) is 19.1 Å². The fourth-order valence-corrected chi connectivity index (χ4v) is 3.45. The minimum Gasteiger partial charge on any atom is -0.310 e. The van der Waals surface area contributed by atoms with Crippen LogP contribution in [-0.2, 0) is 10.0 Å². The lowest BCUT2D eigenvalue weighted by molar-refractivity contribution is 0.393. The van der Waals surface area contributed by atoms with Crippen molar-refractivity contribution in [2.45, 2.75) is 44.2 Å². The third kappa shape index (κ3) is 4.27. The Morgan fingerprint density at radius 2 is 2.05 bits per heavy atom. The molecule has 0 aliphatic rings. The molecule has 21 heavy (non-hydrogen) atoms. The first-order valence-electron chi connectivity index (χ1n) is 7.02. The van der Waals surface area contributed by atoms with Crippen molar-refractivity contribution in [3.05, 3.63) is 29.8 Å². The number of benzene rings is 1. The largest absolute Gasteiger partial charge is 0.310 e. The highest BCUT2D eigenvalue weighted by atomic mass is 32.2. The molecule has 0 saturated heterocycles. The van der Waals surface area contributed by atoms with Crippen molar-refractivity contribution < 1.29 is 8.42 Å². The zero-order valence-corrected chi connectivity index (χ0v) is 13.8. The van der Waals surface area contributed by atoms with Crippen molar-refractivity contribution in [3.63, 3.8) is 0 Å². The van der Waals surface area contributed by atoms with Crippen molar-refractivity contribution in [3.8, 4) is 6.07 Å². The van der Waals surface area contributed by atoms with Gasteiger partial charge in [0.15, 0.2) is 0 Å². The topological polar surface area (TPSA) is 73.2 Å². The van der Waals surface area contributed by atoms with E-state index < -0.39 is 10.0 Å². The first kappa shape index (κ1) is 17.6. The van der Waals surface area contributed by atoms with Gasteiger partial charge in [0.25, 0.3) is 0 Å². The van der Waals surface area contributed by atoms with Crippen LogP contribution in [0, 0.1) is 11.3 Å². The number of nitriles is 1. The van der Waals surface area contributed by atoms with Crippen LogP contribution < -0.4 is 5.32 Å². The standard InChI is InChI=1S/C15H23N3O2S/c1-5-17-13(3)14-7-6-8-15(11-14)21(19,20)18(4)12(2)9-10-16/h6-8,11-13,17H,5,9H2,1-4H3.